The second kappa shape index (κ2) is 6.74. The standard InChI is InChI=1S/C14H11Cl2N5OS/c1-7(13(22)21-9-4-2-3-8(15)10(9)16)23-14-11-12(18-5-17-11)19-6-20-14/h2-7H,1H3,(H,21,22)(H,17,18,19,20). The van der Waals surface area contributed by atoms with Gasteiger partial charge in [-0.1, -0.05) is 41.0 Å². The van der Waals surface area contributed by atoms with E-state index in [1.165, 1.54) is 18.1 Å². The predicted molar refractivity (Wildman–Crippen MR) is 92.1 cm³/mol. The Morgan fingerprint density at radius 2 is 2.13 bits per heavy atom. The molecule has 2 heterocycles. The minimum atomic E-state index is -0.397. The molecule has 3 rings (SSSR count). The average molecular weight is 368 g/mol. The summed E-state index contributed by atoms with van der Waals surface area (Å²) in [6.45, 7) is 1.78. The molecule has 0 aliphatic heterocycles. The molecule has 1 amide bonds. The Hall–Kier alpha value is -1.83. The number of amides is 1. The van der Waals surface area contributed by atoms with E-state index in [0.29, 0.717) is 31.9 Å². The molecule has 0 bridgehead atoms. The smallest absolute Gasteiger partial charge is 0.237 e. The number of imidazole rings is 1. The van der Waals surface area contributed by atoms with Gasteiger partial charge in [0.1, 0.15) is 16.9 Å². The topological polar surface area (TPSA) is 83.6 Å². The van der Waals surface area contributed by atoms with E-state index in [2.05, 4.69) is 25.3 Å². The largest absolute Gasteiger partial charge is 0.341 e. The van der Waals surface area contributed by atoms with Gasteiger partial charge in [-0.15, -0.1) is 0 Å². The molecule has 0 aliphatic carbocycles. The van der Waals surface area contributed by atoms with Crippen molar-refractivity contribution in [2.45, 2.75) is 17.2 Å². The summed E-state index contributed by atoms with van der Waals surface area (Å²) in [5.74, 6) is -0.203. The number of halogens is 2. The summed E-state index contributed by atoms with van der Waals surface area (Å²) in [7, 11) is 0. The molecule has 0 aliphatic rings. The molecule has 1 unspecified atom stereocenters. The van der Waals surface area contributed by atoms with Crippen molar-refractivity contribution in [2.24, 2.45) is 0 Å². The van der Waals surface area contributed by atoms with Gasteiger partial charge in [-0.05, 0) is 19.1 Å². The zero-order valence-electron chi connectivity index (χ0n) is 11.9. The summed E-state index contributed by atoms with van der Waals surface area (Å²) in [4.78, 5) is 27.6. The quantitative estimate of drug-likeness (QED) is 0.541. The Labute approximate surface area is 146 Å². The number of H-pyrrole nitrogens is 1. The van der Waals surface area contributed by atoms with Crippen LogP contribution in [0.2, 0.25) is 10.0 Å². The highest BCUT2D eigenvalue weighted by molar-refractivity contribution is 8.00. The zero-order valence-corrected chi connectivity index (χ0v) is 14.2. The molecule has 0 saturated heterocycles. The number of rotatable bonds is 4. The second-order valence-electron chi connectivity index (χ2n) is 4.63. The average Bonchev–Trinajstić information content (AvgIpc) is 3.01. The van der Waals surface area contributed by atoms with Crippen molar-refractivity contribution < 1.29 is 4.79 Å². The Morgan fingerprint density at radius 1 is 1.30 bits per heavy atom. The highest BCUT2D eigenvalue weighted by atomic mass is 35.5. The van der Waals surface area contributed by atoms with E-state index in [9.17, 15) is 4.79 Å². The number of carbonyl (C=O) groups excluding carboxylic acids is 1. The van der Waals surface area contributed by atoms with Gasteiger partial charge < -0.3 is 10.3 Å². The third-order valence-electron chi connectivity index (χ3n) is 3.06. The lowest BCUT2D eigenvalue weighted by Gasteiger charge is -2.13. The molecule has 3 aromatic rings. The second-order valence-corrected chi connectivity index (χ2v) is 6.75. The highest BCUT2D eigenvalue weighted by Crippen LogP contribution is 2.31. The number of nitrogens with zero attached hydrogens (tertiary/aromatic N) is 3. The van der Waals surface area contributed by atoms with Gasteiger partial charge in [-0.25, -0.2) is 15.0 Å². The maximum atomic E-state index is 12.4. The van der Waals surface area contributed by atoms with Crippen LogP contribution in [0.4, 0.5) is 5.69 Å². The van der Waals surface area contributed by atoms with Crippen LogP contribution in [0, 0.1) is 0 Å². The molecule has 2 aromatic heterocycles. The summed E-state index contributed by atoms with van der Waals surface area (Å²) in [6.07, 6.45) is 2.96. The fourth-order valence-corrected chi connectivity index (χ4v) is 3.11. The molecule has 0 radical (unpaired) electrons. The van der Waals surface area contributed by atoms with E-state index in [4.69, 9.17) is 23.2 Å². The molecule has 118 valence electrons. The van der Waals surface area contributed by atoms with Crippen LogP contribution in [0.5, 0.6) is 0 Å². The number of hydrogen-bond donors (Lipinski definition) is 2. The van der Waals surface area contributed by atoms with Gasteiger partial charge in [0.25, 0.3) is 0 Å². The first kappa shape index (κ1) is 16.0. The first-order valence-corrected chi connectivity index (χ1v) is 8.25. The number of thioether (sulfide) groups is 1. The molecular weight excluding hydrogens is 357 g/mol. The maximum absolute atomic E-state index is 12.4. The molecule has 2 N–H and O–H groups in total. The molecule has 0 saturated carbocycles. The number of hydrogen-bond acceptors (Lipinski definition) is 5. The van der Waals surface area contributed by atoms with Crippen molar-refractivity contribution >= 4 is 57.7 Å². The van der Waals surface area contributed by atoms with Gasteiger partial charge in [-0.2, -0.15) is 0 Å². The molecule has 0 spiro atoms. The molecule has 9 heteroatoms. The van der Waals surface area contributed by atoms with Crippen LogP contribution >= 0.6 is 35.0 Å². The normalized spacial score (nSPS) is 12.3. The van der Waals surface area contributed by atoms with Crippen LogP contribution < -0.4 is 5.32 Å². The van der Waals surface area contributed by atoms with Crippen LogP contribution in [0.15, 0.2) is 35.9 Å². The molecule has 1 aromatic carbocycles. The van der Waals surface area contributed by atoms with Crippen LogP contribution in [-0.2, 0) is 4.79 Å². The summed E-state index contributed by atoms with van der Waals surface area (Å²) in [5.41, 5.74) is 1.75. The number of carbonyl (C=O) groups is 1. The van der Waals surface area contributed by atoms with E-state index in [0.717, 1.165) is 0 Å². The van der Waals surface area contributed by atoms with Crippen molar-refractivity contribution in [3.63, 3.8) is 0 Å². The Morgan fingerprint density at radius 3 is 2.96 bits per heavy atom. The highest BCUT2D eigenvalue weighted by Gasteiger charge is 2.19. The van der Waals surface area contributed by atoms with Crippen molar-refractivity contribution in [2.75, 3.05) is 5.32 Å². The van der Waals surface area contributed by atoms with E-state index in [-0.39, 0.29) is 5.91 Å². The number of fused-ring (bicyclic) bond motifs is 1. The lowest BCUT2D eigenvalue weighted by Crippen LogP contribution is -2.22. The fraction of sp³-hybridized carbons (Fsp3) is 0.143. The number of anilines is 1. The number of benzene rings is 1. The van der Waals surface area contributed by atoms with Crippen molar-refractivity contribution in [3.8, 4) is 0 Å². The molecule has 23 heavy (non-hydrogen) atoms. The Kier molecular flexibility index (Phi) is 4.70. The minimum absolute atomic E-state index is 0.203. The van der Waals surface area contributed by atoms with Gasteiger partial charge in [0, 0.05) is 0 Å². The Bertz CT molecular complexity index is 869. The molecule has 0 fully saturated rings. The van der Waals surface area contributed by atoms with Crippen molar-refractivity contribution in [1.82, 2.24) is 19.9 Å². The molecular formula is C14H11Cl2N5OS. The third-order valence-corrected chi connectivity index (χ3v) is 4.97. The monoisotopic (exact) mass is 367 g/mol. The first-order chi connectivity index (χ1) is 11.1. The van der Waals surface area contributed by atoms with Crippen molar-refractivity contribution in [1.29, 1.82) is 0 Å². The van der Waals surface area contributed by atoms with Gasteiger partial charge in [-0.3, -0.25) is 4.79 Å². The van der Waals surface area contributed by atoms with Crippen molar-refractivity contribution in [3.05, 3.63) is 40.9 Å². The van der Waals surface area contributed by atoms with Gasteiger partial charge in [0.05, 0.1) is 27.3 Å². The molecule has 6 nitrogen and oxygen atoms in total. The van der Waals surface area contributed by atoms with Crippen LogP contribution in [-0.4, -0.2) is 31.1 Å². The van der Waals surface area contributed by atoms with E-state index < -0.39 is 5.25 Å². The van der Waals surface area contributed by atoms with Gasteiger partial charge in [0.15, 0.2) is 5.65 Å². The number of aromatic amines is 1. The summed E-state index contributed by atoms with van der Waals surface area (Å²) < 4.78 is 0. The van der Waals surface area contributed by atoms with Gasteiger partial charge in [0.2, 0.25) is 5.91 Å². The van der Waals surface area contributed by atoms with Crippen LogP contribution in [0.1, 0.15) is 6.92 Å². The van der Waals surface area contributed by atoms with E-state index in [1.807, 2.05) is 0 Å². The fourth-order valence-electron chi connectivity index (χ4n) is 1.89. The lowest BCUT2D eigenvalue weighted by molar-refractivity contribution is -0.115. The Balaban J connectivity index is 1.75. The van der Waals surface area contributed by atoms with Crippen LogP contribution in [0.25, 0.3) is 11.2 Å². The summed E-state index contributed by atoms with van der Waals surface area (Å²) >= 11 is 13.3. The lowest BCUT2D eigenvalue weighted by atomic mass is 10.3. The van der Waals surface area contributed by atoms with E-state index in [1.54, 1.807) is 31.5 Å². The predicted octanol–water partition coefficient (Wildman–Crippen LogP) is 3.78. The third kappa shape index (κ3) is 3.41. The van der Waals surface area contributed by atoms with Crippen LogP contribution in [0.3, 0.4) is 0 Å². The molecule has 1 atom stereocenters. The number of aromatic nitrogens is 4. The van der Waals surface area contributed by atoms with Gasteiger partial charge >= 0.3 is 0 Å². The minimum Gasteiger partial charge on any atom is -0.341 e. The summed E-state index contributed by atoms with van der Waals surface area (Å²) in [6, 6.07) is 5.08. The summed E-state index contributed by atoms with van der Waals surface area (Å²) in [5, 5.41) is 3.74. The van der Waals surface area contributed by atoms with E-state index >= 15 is 0 Å². The SMILES string of the molecule is CC(Sc1ncnc2nc[nH]c12)C(=O)Nc1cccc(Cl)c1Cl. The zero-order chi connectivity index (χ0) is 16.4. The maximum Gasteiger partial charge on any atom is 0.237 e. The first-order valence-electron chi connectivity index (χ1n) is 6.62. The number of nitrogens with one attached hydrogen (secondary N) is 2.